The monoisotopic (exact) mass is 250 g/mol. The van der Waals surface area contributed by atoms with Crippen molar-refractivity contribution < 1.29 is 5.11 Å². The highest BCUT2D eigenvalue weighted by Gasteiger charge is 2.53. The zero-order valence-corrected chi connectivity index (χ0v) is 12.2. The van der Waals surface area contributed by atoms with Crippen LogP contribution in [0.2, 0.25) is 0 Å². The maximum atomic E-state index is 10.7. The van der Waals surface area contributed by atoms with Gasteiger partial charge in [-0.15, -0.1) is 0 Å². The summed E-state index contributed by atoms with van der Waals surface area (Å²) in [6.07, 6.45) is 12.1. The van der Waals surface area contributed by atoms with Crippen molar-refractivity contribution in [2.75, 3.05) is 0 Å². The van der Waals surface area contributed by atoms with Crippen LogP contribution in [0.1, 0.15) is 71.6 Å². The third-order valence-corrected chi connectivity index (χ3v) is 6.05. The van der Waals surface area contributed by atoms with Crippen molar-refractivity contribution in [3.8, 4) is 0 Å². The van der Waals surface area contributed by atoms with Gasteiger partial charge in [-0.3, -0.25) is 0 Å². The van der Waals surface area contributed by atoms with Crippen LogP contribution >= 0.6 is 0 Å². The molecule has 0 aromatic heterocycles. The molecule has 0 aliphatic heterocycles. The van der Waals surface area contributed by atoms with Gasteiger partial charge < -0.3 is 5.11 Å². The predicted molar refractivity (Wildman–Crippen MR) is 75.3 cm³/mol. The van der Waals surface area contributed by atoms with Gasteiger partial charge in [0.05, 0.1) is 6.10 Å². The van der Waals surface area contributed by atoms with Crippen molar-refractivity contribution in [2.24, 2.45) is 29.1 Å². The van der Waals surface area contributed by atoms with Crippen molar-refractivity contribution in [1.82, 2.24) is 0 Å². The molecule has 4 saturated carbocycles. The molecule has 4 aliphatic rings. The second kappa shape index (κ2) is 4.81. The summed E-state index contributed by atoms with van der Waals surface area (Å²) in [5.41, 5.74) is 0.353. The zero-order valence-electron chi connectivity index (χ0n) is 12.2. The van der Waals surface area contributed by atoms with Gasteiger partial charge >= 0.3 is 0 Å². The van der Waals surface area contributed by atoms with Gasteiger partial charge in [0.2, 0.25) is 0 Å². The Bertz CT molecular complexity index is 259. The highest BCUT2D eigenvalue weighted by molar-refractivity contribution is 5.04. The third kappa shape index (κ3) is 2.35. The summed E-state index contributed by atoms with van der Waals surface area (Å²) in [5, 5.41) is 10.7. The normalized spacial score (nSPS) is 43.7. The van der Waals surface area contributed by atoms with E-state index in [1.165, 1.54) is 51.4 Å². The van der Waals surface area contributed by atoms with E-state index in [1.807, 2.05) is 0 Å². The van der Waals surface area contributed by atoms with Gasteiger partial charge in [0.25, 0.3) is 0 Å². The van der Waals surface area contributed by atoms with Gasteiger partial charge in [-0.05, 0) is 74.0 Å². The largest absolute Gasteiger partial charge is 0.393 e. The fraction of sp³-hybridized carbons (Fsp3) is 1.00. The molecule has 0 aromatic carbocycles. The first-order chi connectivity index (χ1) is 8.57. The first kappa shape index (κ1) is 13.0. The fourth-order valence-electron chi connectivity index (χ4n) is 5.61. The molecule has 4 bridgehead atoms. The molecule has 0 aromatic rings. The third-order valence-electron chi connectivity index (χ3n) is 6.05. The van der Waals surface area contributed by atoms with E-state index in [9.17, 15) is 5.11 Å². The maximum absolute atomic E-state index is 10.7. The van der Waals surface area contributed by atoms with Crippen molar-refractivity contribution in [3.05, 3.63) is 0 Å². The topological polar surface area (TPSA) is 20.2 Å². The number of aliphatic hydroxyl groups excluding tert-OH is 1. The molecule has 4 aliphatic carbocycles. The average Bonchev–Trinajstić information content (AvgIpc) is 2.26. The Morgan fingerprint density at radius 3 is 1.89 bits per heavy atom. The molecule has 18 heavy (non-hydrogen) atoms. The van der Waals surface area contributed by atoms with Crippen LogP contribution in [-0.2, 0) is 0 Å². The summed E-state index contributed by atoms with van der Waals surface area (Å²) < 4.78 is 0. The lowest BCUT2D eigenvalue weighted by Crippen LogP contribution is -2.51. The van der Waals surface area contributed by atoms with E-state index in [1.54, 1.807) is 0 Å². The second-order valence-corrected chi connectivity index (χ2v) is 8.12. The lowest BCUT2D eigenvalue weighted by atomic mass is 9.48. The highest BCUT2D eigenvalue weighted by Crippen LogP contribution is 2.61. The van der Waals surface area contributed by atoms with Gasteiger partial charge in [0.1, 0.15) is 0 Å². The van der Waals surface area contributed by atoms with Crippen LogP contribution in [0.3, 0.4) is 0 Å². The highest BCUT2D eigenvalue weighted by atomic mass is 16.3. The summed E-state index contributed by atoms with van der Waals surface area (Å²) in [7, 11) is 0. The molecule has 0 amide bonds. The smallest absolute Gasteiger partial charge is 0.0596 e. The summed E-state index contributed by atoms with van der Waals surface area (Å²) in [6.45, 7) is 4.58. The molecule has 0 saturated heterocycles. The van der Waals surface area contributed by atoms with Gasteiger partial charge in [-0.25, -0.2) is 0 Å². The number of aliphatic hydroxyl groups is 1. The Kier molecular flexibility index (Phi) is 3.47. The number of hydrogen-bond acceptors (Lipinski definition) is 1. The van der Waals surface area contributed by atoms with Crippen LogP contribution < -0.4 is 0 Å². The SMILES string of the molecule is CC(C)CCCC(O)C12CC3CC(CC(C3)C1)C2. The number of rotatable bonds is 5. The zero-order chi connectivity index (χ0) is 12.8. The molecule has 4 rings (SSSR count). The van der Waals surface area contributed by atoms with Crippen LogP contribution in [0.5, 0.6) is 0 Å². The predicted octanol–water partition coefficient (Wildman–Crippen LogP) is 4.39. The summed E-state index contributed by atoms with van der Waals surface area (Å²) in [5.74, 6) is 3.69. The van der Waals surface area contributed by atoms with Crippen molar-refractivity contribution in [3.63, 3.8) is 0 Å². The molecule has 0 heterocycles. The van der Waals surface area contributed by atoms with Gasteiger partial charge in [-0.2, -0.15) is 0 Å². The first-order valence-electron chi connectivity index (χ1n) is 8.25. The van der Waals surface area contributed by atoms with E-state index in [0.717, 1.165) is 30.1 Å². The van der Waals surface area contributed by atoms with E-state index in [-0.39, 0.29) is 6.10 Å². The number of hydrogen-bond donors (Lipinski definition) is 1. The minimum absolute atomic E-state index is 0.00431. The van der Waals surface area contributed by atoms with Crippen LogP contribution in [0.25, 0.3) is 0 Å². The maximum Gasteiger partial charge on any atom is 0.0596 e. The molecule has 1 N–H and O–H groups in total. The Morgan fingerprint density at radius 2 is 1.44 bits per heavy atom. The Labute approximate surface area is 112 Å². The summed E-state index contributed by atoms with van der Waals surface area (Å²) in [6, 6.07) is 0. The van der Waals surface area contributed by atoms with Crippen molar-refractivity contribution in [1.29, 1.82) is 0 Å². The minimum atomic E-state index is 0.00431. The lowest BCUT2D eigenvalue weighted by molar-refractivity contribution is -0.122. The molecule has 1 unspecified atom stereocenters. The van der Waals surface area contributed by atoms with E-state index in [2.05, 4.69) is 13.8 Å². The molecule has 4 fully saturated rings. The minimum Gasteiger partial charge on any atom is -0.393 e. The van der Waals surface area contributed by atoms with E-state index in [0.29, 0.717) is 5.41 Å². The van der Waals surface area contributed by atoms with Crippen LogP contribution in [0, 0.1) is 29.1 Å². The molecule has 1 nitrogen and oxygen atoms in total. The quantitative estimate of drug-likeness (QED) is 0.767. The molecule has 0 spiro atoms. The Morgan fingerprint density at radius 1 is 0.944 bits per heavy atom. The first-order valence-corrected chi connectivity index (χ1v) is 8.25. The van der Waals surface area contributed by atoms with E-state index >= 15 is 0 Å². The molecule has 1 atom stereocenters. The van der Waals surface area contributed by atoms with Gasteiger partial charge in [0, 0.05) is 0 Å². The van der Waals surface area contributed by atoms with Crippen LogP contribution in [0.4, 0.5) is 0 Å². The van der Waals surface area contributed by atoms with E-state index < -0.39 is 0 Å². The molecular formula is C17H30O. The summed E-state index contributed by atoms with van der Waals surface area (Å²) >= 11 is 0. The van der Waals surface area contributed by atoms with Gasteiger partial charge in [-0.1, -0.05) is 26.7 Å². The van der Waals surface area contributed by atoms with Crippen LogP contribution in [0.15, 0.2) is 0 Å². The Hall–Kier alpha value is -0.0400. The van der Waals surface area contributed by atoms with Crippen molar-refractivity contribution in [2.45, 2.75) is 77.7 Å². The lowest BCUT2D eigenvalue weighted by Gasteiger charge is -2.58. The standard InChI is InChI=1S/C17H30O/c1-12(2)4-3-5-16(18)17-9-13-6-14(10-17)8-15(7-13)11-17/h12-16,18H,3-11H2,1-2H3. The van der Waals surface area contributed by atoms with Crippen LogP contribution in [-0.4, -0.2) is 11.2 Å². The fourth-order valence-corrected chi connectivity index (χ4v) is 5.61. The molecule has 1 heteroatoms. The summed E-state index contributed by atoms with van der Waals surface area (Å²) in [4.78, 5) is 0. The molecule has 104 valence electrons. The molecule has 0 radical (unpaired) electrons. The Balaban J connectivity index is 1.60. The average molecular weight is 250 g/mol. The second-order valence-electron chi connectivity index (χ2n) is 8.12. The molecular weight excluding hydrogens is 220 g/mol. The van der Waals surface area contributed by atoms with E-state index in [4.69, 9.17) is 0 Å². The van der Waals surface area contributed by atoms with Crippen molar-refractivity contribution >= 4 is 0 Å². The van der Waals surface area contributed by atoms with Gasteiger partial charge in [0.15, 0.2) is 0 Å².